The molecule has 0 spiro atoms. The van der Waals surface area contributed by atoms with E-state index in [4.69, 9.17) is 16.7 Å². The first-order chi connectivity index (χ1) is 6.50. The molecule has 1 aromatic rings. The Balaban J connectivity index is 3.00. The van der Waals surface area contributed by atoms with Crippen molar-refractivity contribution < 1.29 is 14.7 Å². The Labute approximate surface area is 86.3 Å². The number of hydrogen-bond donors (Lipinski definition) is 1. The molecular formula is C10H9ClO3. The Bertz CT molecular complexity index is 385. The van der Waals surface area contributed by atoms with Gasteiger partial charge in [-0.2, -0.15) is 0 Å². The molecule has 0 amide bonds. The molecule has 0 radical (unpaired) electrons. The van der Waals surface area contributed by atoms with E-state index in [1.165, 1.54) is 0 Å². The summed E-state index contributed by atoms with van der Waals surface area (Å²) in [4.78, 5) is 21.7. The molecule has 74 valence electrons. The number of carbonyl (C=O) groups excluding carboxylic acids is 1. The Morgan fingerprint density at radius 3 is 2.64 bits per heavy atom. The van der Waals surface area contributed by atoms with Gasteiger partial charge in [-0.1, -0.05) is 23.2 Å². The monoisotopic (exact) mass is 212 g/mol. The molecular weight excluding hydrogens is 204 g/mol. The maximum Gasteiger partial charge on any atom is 0.311 e. The molecule has 0 aromatic heterocycles. The molecule has 0 saturated carbocycles. The third-order valence-corrected chi connectivity index (χ3v) is 2.06. The van der Waals surface area contributed by atoms with Gasteiger partial charge in [0.05, 0.1) is 5.02 Å². The molecule has 0 unspecified atom stereocenters. The number of carboxylic acids is 1. The van der Waals surface area contributed by atoms with E-state index in [0.29, 0.717) is 5.02 Å². The van der Waals surface area contributed by atoms with Gasteiger partial charge >= 0.3 is 5.97 Å². The van der Waals surface area contributed by atoms with Crippen LogP contribution in [0.1, 0.15) is 22.3 Å². The summed E-state index contributed by atoms with van der Waals surface area (Å²) in [6.07, 6.45) is -0.525. The fraction of sp³-hybridized carbons (Fsp3) is 0.200. The number of halogens is 1. The minimum absolute atomic E-state index is 0.272. The minimum atomic E-state index is -1.15. The van der Waals surface area contributed by atoms with E-state index in [1.807, 2.05) is 6.92 Å². The molecule has 0 atom stereocenters. The van der Waals surface area contributed by atoms with E-state index >= 15 is 0 Å². The van der Waals surface area contributed by atoms with Crippen LogP contribution in [0, 0.1) is 6.92 Å². The van der Waals surface area contributed by atoms with Crippen LogP contribution >= 0.6 is 11.6 Å². The molecule has 0 heterocycles. The molecule has 0 aliphatic heterocycles. The second-order valence-electron chi connectivity index (χ2n) is 2.98. The zero-order valence-electron chi connectivity index (χ0n) is 7.58. The van der Waals surface area contributed by atoms with Gasteiger partial charge < -0.3 is 5.11 Å². The molecule has 14 heavy (non-hydrogen) atoms. The first-order valence-electron chi connectivity index (χ1n) is 4.02. The normalized spacial score (nSPS) is 9.86. The van der Waals surface area contributed by atoms with E-state index in [-0.39, 0.29) is 5.56 Å². The summed E-state index contributed by atoms with van der Waals surface area (Å²) in [6.45, 7) is 1.81. The van der Waals surface area contributed by atoms with Crippen LogP contribution in [0.15, 0.2) is 18.2 Å². The van der Waals surface area contributed by atoms with Crippen molar-refractivity contribution in [2.45, 2.75) is 13.3 Å². The fourth-order valence-corrected chi connectivity index (χ4v) is 1.31. The van der Waals surface area contributed by atoms with E-state index < -0.39 is 18.2 Å². The lowest BCUT2D eigenvalue weighted by molar-refractivity contribution is -0.135. The average Bonchev–Trinajstić information content (AvgIpc) is 2.08. The number of carboxylic acid groups (broad SMARTS) is 1. The van der Waals surface area contributed by atoms with Gasteiger partial charge in [-0.3, -0.25) is 9.59 Å². The molecule has 1 aromatic carbocycles. The quantitative estimate of drug-likeness (QED) is 0.618. The van der Waals surface area contributed by atoms with Gasteiger partial charge in [0.1, 0.15) is 6.42 Å². The van der Waals surface area contributed by atoms with E-state index in [2.05, 4.69) is 0 Å². The minimum Gasteiger partial charge on any atom is -0.481 e. The number of Topliss-reactive ketones (excluding diaryl/α,β-unsaturated/α-hetero) is 1. The highest BCUT2D eigenvalue weighted by molar-refractivity contribution is 6.34. The highest BCUT2D eigenvalue weighted by Gasteiger charge is 2.13. The smallest absolute Gasteiger partial charge is 0.311 e. The van der Waals surface area contributed by atoms with Crippen molar-refractivity contribution in [3.63, 3.8) is 0 Å². The molecule has 0 bridgehead atoms. The third kappa shape index (κ3) is 2.57. The number of carbonyl (C=O) groups is 2. The van der Waals surface area contributed by atoms with E-state index in [0.717, 1.165) is 5.56 Å². The first-order valence-corrected chi connectivity index (χ1v) is 4.39. The van der Waals surface area contributed by atoms with Crippen molar-refractivity contribution in [1.29, 1.82) is 0 Å². The first kappa shape index (κ1) is 10.7. The number of aliphatic carboxylic acids is 1. The fourth-order valence-electron chi connectivity index (χ4n) is 1.09. The summed E-state index contributed by atoms with van der Waals surface area (Å²) in [7, 11) is 0. The molecule has 0 aliphatic carbocycles. The zero-order valence-corrected chi connectivity index (χ0v) is 8.34. The Hall–Kier alpha value is -1.35. The van der Waals surface area contributed by atoms with Crippen LogP contribution in [0.4, 0.5) is 0 Å². The zero-order chi connectivity index (χ0) is 10.7. The predicted octanol–water partition coefficient (Wildman–Crippen LogP) is 2.31. The maximum atomic E-state index is 11.4. The highest BCUT2D eigenvalue weighted by Crippen LogP contribution is 2.18. The van der Waals surface area contributed by atoms with Crippen molar-refractivity contribution in [1.82, 2.24) is 0 Å². The molecule has 0 saturated heterocycles. The topological polar surface area (TPSA) is 54.4 Å². The van der Waals surface area contributed by atoms with Gasteiger partial charge in [0.2, 0.25) is 0 Å². The number of hydrogen-bond acceptors (Lipinski definition) is 2. The van der Waals surface area contributed by atoms with Crippen LogP contribution in [-0.4, -0.2) is 16.9 Å². The van der Waals surface area contributed by atoms with Crippen LogP contribution in [0.25, 0.3) is 0 Å². The van der Waals surface area contributed by atoms with E-state index in [9.17, 15) is 9.59 Å². The summed E-state index contributed by atoms with van der Waals surface area (Å²) < 4.78 is 0. The van der Waals surface area contributed by atoms with Crippen LogP contribution in [0.2, 0.25) is 5.02 Å². The van der Waals surface area contributed by atoms with Gasteiger partial charge in [-0.15, -0.1) is 0 Å². The third-order valence-electron chi connectivity index (χ3n) is 1.73. The lowest BCUT2D eigenvalue weighted by Gasteiger charge is -2.02. The standard InChI is InChI=1S/C10H9ClO3/c1-6-2-3-8(11)7(4-6)9(12)5-10(13)14/h2-4H,5H2,1H3,(H,13,14). The highest BCUT2D eigenvalue weighted by atomic mass is 35.5. The summed E-state index contributed by atoms with van der Waals surface area (Å²) in [6, 6.07) is 4.94. The predicted molar refractivity (Wildman–Crippen MR) is 52.8 cm³/mol. The van der Waals surface area contributed by atoms with E-state index in [1.54, 1.807) is 18.2 Å². The van der Waals surface area contributed by atoms with Crippen LogP contribution < -0.4 is 0 Å². The number of aryl methyl sites for hydroxylation is 1. The second-order valence-corrected chi connectivity index (χ2v) is 3.38. The van der Waals surface area contributed by atoms with Crippen molar-refractivity contribution in [2.75, 3.05) is 0 Å². The molecule has 3 nitrogen and oxygen atoms in total. The summed E-state index contributed by atoms with van der Waals surface area (Å²) in [5.41, 5.74) is 1.15. The van der Waals surface area contributed by atoms with Crippen molar-refractivity contribution in [3.8, 4) is 0 Å². The number of rotatable bonds is 3. The maximum absolute atomic E-state index is 11.4. The van der Waals surface area contributed by atoms with Crippen LogP contribution in [0.5, 0.6) is 0 Å². The molecule has 0 aliphatic rings. The number of benzene rings is 1. The molecule has 4 heteroatoms. The Morgan fingerprint density at radius 2 is 2.07 bits per heavy atom. The van der Waals surface area contributed by atoms with Crippen molar-refractivity contribution in [3.05, 3.63) is 34.3 Å². The SMILES string of the molecule is Cc1ccc(Cl)c(C(=O)CC(=O)O)c1. The average molecular weight is 213 g/mol. The lowest BCUT2D eigenvalue weighted by Crippen LogP contribution is -2.07. The Morgan fingerprint density at radius 1 is 1.43 bits per heavy atom. The van der Waals surface area contributed by atoms with Crippen LogP contribution in [-0.2, 0) is 4.79 Å². The van der Waals surface area contributed by atoms with Crippen molar-refractivity contribution >= 4 is 23.4 Å². The lowest BCUT2D eigenvalue weighted by atomic mass is 10.1. The van der Waals surface area contributed by atoms with Crippen molar-refractivity contribution in [2.24, 2.45) is 0 Å². The van der Waals surface area contributed by atoms with Crippen LogP contribution in [0.3, 0.4) is 0 Å². The van der Waals surface area contributed by atoms with Gasteiger partial charge in [-0.05, 0) is 19.1 Å². The van der Waals surface area contributed by atoms with Gasteiger partial charge in [0, 0.05) is 5.56 Å². The second kappa shape index (κ2) is 4.24. The van der Waals surface area contributed by atoms with Gasteiger partial charge in [0.15, 0.2) is 5.78 Å². The summed E-state index contributed by atoms with van der Waals surface area (Å²) in [5, 5.41) is 8.73. The molecule has 1 rings (SSSR count). The largest absolute Gasteiger partial charge is 0.481 e. The summed E-state index contributed by atoms with van der Waals surface area (Å²) >= 11 is 5.76. The molecule has 0 fully saturated rings. The van der Waals surface area contributed by atoms with Gasteiger partial charge in [-0.25, -0.2) is 0 Å². The summed E-state index contributed by atoms with van der Waals surface area (Å²) in [5.74, 6) is -1.61. The number of ketones is 1. The van der Waals surface area contributed by atoms with Gasteiger partial charge in [0.25, 0.3) is 0 Å². The Kier molecular flexibility index (Phi) is 3.25. The molecule has 1 N–H and O–H groups in total.